The number of likely N-dealkylation sites (tertiary alicyclic amines) is 1. The number of anilines is 1. The maximum atomic E-state index is 14.0. The number of hydrogen-bond donors (Lipinski definition) is 7. The van der Waals surface area contributed by atoms with Crippen molar-refractivity contribution < 1.29 is 38.6 Å². The van der Waals surface area contributed by atoms with Crippen molar-refractivity contribution in [2.75, 3.05) is 44.7 Å². The van der Waals surface area contributed by atoms with Crippen LogP contribution in [0.4, 0.5) is 5.69 Å². The number of β-amino-alcohol motifs (C(OH)–C–C–N with tert-alkyl or cyclic N) is 1. The number of thiazole rings is 1. The third-order valence-corrected chi connectivity index (χ3v) is 13.0. The Balaban J connectivity index is 0.937. The highest BCUT2D eigenvalue weighted by Gasteiger charge is 2.44. The summed E-state index contributed by atoms with van der Waals surface area (Å²) in [6.45, 7) is 9.37. The lowest BCUT2D eigenvalue weighted by Crippen LogP contribution is -2.57. The van der Waals surface area contributed by atoms with Crippen molar-refractivity contribution in [2.45, 2.75) is 97.1 Å². The minimum atomic E-state index is -1.00. The van der Waals surface area contributed by atoms with E-state index in [9.17, 15) is 33.9 Å². The number of hydrogen-bond acceptors (Lipinski definition) is 12. The van der Waals surface area contributed by atoms with Gasteiger partial charge in [0.15, 0.2) is 5.69 Å². The molecule has 2 aromatic carbocycles. The maximum Gasteiger partial charge on any atom is 0.274 e. The highest BCUT2D eigenvalue weighted by Crippen LogP contribution is 2.29. The normalized spacial score (nSPS) is 16.9. The van der Waals surface area contributed by atoms with Gasteiger partial charge in [0.2, 0.25) is 23.6 Å². The molecule has 0 bridgehead atoms. The standard InChI is InChI=1S/C46H58Cl2N10O8S/c1-27-40(67-26-52-27)29-10-8-28(9-11-29)23-51-42(62)35-22-31(59)24-58(35)45(65)41(46(2,3)4)55-37(61)15-21-66-20-14-36(60)50-18-19-57-25-34(54-43(63)38-32(47)6-5-7-33(38)48)39(56-57)44(64)53-30-12-16-49-17-13-30/h5-11,25-26,30-31,35,41,49,59H,12-24H2,1-4H3,(H,50,60)(H,51,62)(H,53,64)(H,54,63)(H,55,61)/t31-,35+,41-/m1/s1. The van der Waals surface area contributed by atoms with E-state index < -0.39 is 53.1 Å². The predicted octanol–water partition coefficient (Wildman–Crippen LogP) is 4.08. The molecule has 18 nitrogen and oxygen atoms in total. The van der Waals surface area contributed by atoms with Crippen molar-refractivity contribution in [3.8, 4) is 10.4 Å². The number of aliphatic hydroxyl groups excluding tert-OH is 1. The number of carbonyl (C=O) groups excluding carboxylic acids is 6. The van der Waals surface area contributed by atoms with Crippen LogP contribution in [0.5, 0.6) is 0 Å². The molecule has 2 fully saturated rings. The van der Waals surface area contributed by atoms with Gasteiger partial charge in [-0.05, 0) is 61.5 Å². The van der Waals surface area contributed by atoms with Crippen molar-refractivity contribution in [1.29, 1.82) is 0 Å². The zero-order valence-electron chi connectivity index (χ0n) is 38.0. The molecule has 0 spiro atoms. The van der Waals surface area contributed by atoms with Crippen LogP contribution in [-0.4, -0.2) is 124 Å². The molecule has 67 heavy (non-hydrogen) atoms. The van der Waals surface area contributed by atoms with E-state index in [4.69, 9.17) is 27.9 Å². The molecule has 4 aromatic rings. The molecule has 360 valence electrons. The summed E-state index contributed by atoms with van der Waals surface area (Å²) in [5, 5.41) is 32.7. The molecule has 0 radical (unpaired) electrons. The number of ether oxygens (including phenoxy) is 1. The highest BCUT2D eigenvalue weighted by molar-refractivity contribution is 7.13. The second kappa shape index (κ2) is 23.5. The Bertz CT molecular complexity index is 2380. The quantitative estimate of drug-likeness (QED) is 0.0662. The minimum absolute atomic E-state index is 0.00412. The Labute approximate surface area is 403 Å². The van der Waals surface area contributed by atoms with Gasteiger partial charge in [-0.1, -0.05) is 74.3 Å². The first-order chi connectivity index (χ1) is 32.0. The summed E-state index contributed by atoms with van der Waals surface area (Å²) in [7, 11) is 0. The fourth-order valence-corrected chi connectivity index (χ4v) is 9.14. The maximum absolute atomic E-state index is 14.0. The molecule has 4 heterocycles. The Morgan fingerprint density at radius 1 is 0.955 bits per heavy atom. The lowest BCUT2D eigenvalue weighted by Gasteiger charge is -2.35. The summed E-state index contributed by atoms with van der Waals surface area (Å²) >= 11 is 14.1. The summed E-state index contributed by atoms with van der Waals surface area (Å²) in [6, 6.07) is 10.5. The summed E-state index contributed by atoms with van der Waals surface area (Å²) in [5.41, 5.74) is 4.10. The van der Waals surface area contributed by atoms with Gasteiger partial charge in [0, 0.05) is 51.1 Å². The van der Waals surface area contributed by atoms with Crippen molar-refractivity contribution >= 4 is 75.7 Å². The average Bonchev–Trinajstić information content (AvgIpc) is 4.02. The van der Waals surface area contributed by atoms with Crippen LogP contribution in [0.3, 0.4) is 0 Å². The average molecular weight is 982 g/mol. The topological polar surface area (TPSA) is 238 Å². The molecule has 6 rings (SSSR count). The number of nitrogens with zero attached hydrogens (tertiary/aromatic N) is 4. The molecule has 0 saturated carbocycles. The molecule has 7 N–H and O–H groups in total. The highest BCUT2D eigenvalue weighted by atomic mass is 35.5. The molecule has 0 unspecified atom stereocenters. The van der Waals surface area contributed by atoms with Gasteiger partial charge in [-0.2, -0.15) is 5.10 Å². The first-order valence-electron chi connectivity index (χ1n) is 22.2. The van der Waals surface area contributed by atoms with Crippen LogP contribution in [0, 0.1) is 12.3 Å². The van der Waals surface area contributed by atoms with Gasteiger partial charge in [0.25, 0.3) is 11.8 Å². The molecule has 21 heteroatoms. The first-order valence-corrected chi connectivity index (χ1v) is 23.9. The van der Waals surface area contributed by atoms with E-state index >= 15 is 0 Å². The molecule has 2 aliphatic heterocycles. The lowest BCUT2D eigenvalue weighted by atomic mass is 9.85. The number of nitrogens with one attached hydrogen (secondary N) is 6. The number of aliphatic hydroxyl groups is 1. The number of piperidine rings is 1. The molecular formula is C46H58Cl2N10O8S. The number of aryl methyl sites for hydroxylation is 1. The zero-order chi connectivity index (χ0) is 48.3. The van der Waals surface area contributed by atoms with Gasteiger partial charge in [0.05, 0.1) is 63.2 Å². The van der Waals surface area contributed by atoms with Crippen LogP contribution < -0.4 is 31.9 Å². The van der Waals surface area contributed by atoms with E-state index in [-0.39, 0.29) is 97.6 Å². The fraction of sp³-hybridized carbons (Fsp3) is 0.478. The van der Waals surface area contributed by atoms with E-state index in [0.29, 0.717) is 0 Å². The summed E-state index contributed by atoms with van der Waals surface area (Å²) in [5.74, 6) is -2.74. The molecule has 2 aromatic heterocycles. The summed E-state index contributed by atoms with van der Waals surface area (Å²) < 4.78 is 7.04. The summed E-state index contributed by atoms with van der Waals surface area (Å²) in [4.78, 5) is 86.6. The molecule has 2 aliphatic rings. The van der Waals surface area contributed by atoms with E-state index in [1.807, 2.05) is 31.2 Å². The van der Waals surface area contributed by atoms with Gasteiger partial charge in [-0.15, -0.1) is 11.3 Å². The Hall–Kier alpha value is -5.44. The number of carbonyl (C=O) groups is 6. The second-order valence-electron chi connectivity index (χ2n) is 17.6. The predicted molar refractivity (Wildman–Crippen MR) is 255 cm³/mol. The summed E-state index contributed by atoms with van der Waals surface area (Å²) in [6.07, 6.45) is 2.04. The van der Waals surface area contributed by atoms with Gasteiger partial charge >= 0.3 is 0 Å². The van der Waals surface area contributed by atoms with Crippen molar-refractivity contribution in [3.05, 3.63) is 86.7 Å². The monoisotopic (exact) mass is 980 g/mol. The largest absolute Gasteiger partial charge is 0.391 e. The number of rotatable bonds is 19. The van der Waals surface area contributed by atoms with E-state index in [1.165, 1.54) is 27.9 Å². The lowest BCUT2D eigenvalue weighted by molar-refractivity contribution is -0.144. The van der Waals surface area contributed by atoms with Crippen LogP contribution in [0.25, 0.3) is 10.4 Å². The van der Waals surface area contributed by atoms with Gasteiger partial charge in [0.1, 0.15) is 12.1 Å². The van der Waals surface area contributed by atoms with Crippen molar-refractivity contribution in [3.63, 3.8) is 0 Å². The Morgan fingerprint density at radius 2 is 1.64 bits per heavy atom. The second-order valence-corrected chi connectivity index (χ2v) is 19.3. The number of benzene rings is 2. The molecule has 2 saturated heterocycles. The van der Waals surface area contributed by atoms with Crippen LogP contribution in [-0.2, 0) is 37.0 Å². The molecule has 6 amide bonds. The number of halogens is 2. The minimum Gasteiger partial charge on any atom is -0.391 e. The Kier molecular flexibility index (Phi) is 17.9. The van der Waals surface area contributed by atoms with Crippen LogP contribution in [0.1, 0.15) is 85.0 Å². The molecule has 0 aliphatic carbocycles. The Morgan fingerprint density at radius 3 is 2.30 bits per heavy atom. The third kappa shape index (κ3) is 14.1. The smallest absolute Gasteiger partial charge is 0.274 e. The van der Waals surface area contributed by atoms with Crippen LogP contribution >= 0.6 is 34.5 Å². The third-order valence-electron chi connectivity index (χ3n) is 11.4. The van der Waals surface area contributed by atoms with Crippen molar-refractivity contribution in [2.24, 2.45) is 5.41 Å². The van der Waals surface area contributed by atoms with E-state index in [2.05, 4.69) is 42.0 Å². The molecular weight excluding hydrogens is 924 g/mol. The van der Waals surface area contributed by atoms with Crippen LogP contribution in [0.2, 0.25) is 10.0 Å². The van der Waals surface area contributed by atoms with Gasteiger partial charge in [-0.3, -0.25) is 33.4 Å². The molecule has 3 atom stereocenters. The fourth-order valence-electron chi connectivity index (χ4n) is 7.76. The van der Waals surface area contributed by atoms with Crippen molar-refractivity contribution in [1.82, 2.24) is 46.2 Å². The SMILES string of the molecule is Cc1ncsc1-c1ccc(CNC(=O)[C@@H]2C[C@@H](O)CN2C(=O)[C@@H](NC(=O)CCOCCC(=O)NCCn2cc(NC(=O)c3c(Cl)cccc3Cl)c(C(=O)NC3CCNCC3)n2)C(C)(C)C)cc1. The van der Waals surface area contributed by atoms with Crippen LogP contribution in [0.15, 0.2) is 54.2 Å². The zero-order valence-corrected chi connectivity index (χ0v) is 40.3. The van der Waals surface area contributed by atoms with Gasteiger partial charge in [-0.25, -0.2) is 4.98 Å². The van der Waals surface area contributed by atoms with E-state index in [0.717, 1.165) is 47.6 Å². The van der Waals surface area contributed by atoms with Gasteiger partial charge < -0.3 is 46.6 Å². The first kappa shape index (κ1) is 51.0. The number of amides is 6. The number of aromatic nitrogens is 3. The van der Waals surface area contributed by atoms with E-state index in [1.54, 1.807) is 43.7 Å².